The molecule has 2 aromatic rings. The van der Waals surface area contributed by atoms with Crippen molar-refractivity contribution in [3.05, 3.63) is 57.6 Å². The van der Waals surface area contributed by atoms with Crippen LogP contribution < -0.4 is 15.2 Å². The number of rotatable bonds is 10. The first-order chi connectivity index (χ1) is 13.0. The number of benzene rings is 2. The van der Waals surface area contributed by atoms with Crippen LogP contribution in [0.4, 0.5) is 0 Å². The van der Waals surface area contributed by atoms with Crippen LogP contribution in [0.3, 0.4) is 0 Å². The first-order valence-electron chi connectivity index (χ1n) is 8.90. The third-order valence-corrected chi connectivity index (χ3v) is 5.44. The topological polar surface area (TPSA) is 64.8 Å². The van der Waals surface area contributed by atoms with Crippen LogP contribution in [0.2, 0.25) is 0 Å². The minimum Gasteiger partial charge on any atom is -0.493 e. The molecule has 6 heteroatoms. The van der Waals surface area contributed by atoms with Crippen LogP contribution in [0.5, 0.6) is 11.5 Å². The summed E-state index contributed by atoms with van der Waals surface area (Å²) in [5.41, 5.74) is 8.57. The summed E-state index contributed by atoms with van der Waals surface area (Å²) >= 11 is 3.57. The highest BCUT2D eigenvalue weighted by Crippen LogP contribution is 2.34. The maximum atomic E-state index is 11.4. The number of halogens is 1. The van der Waals surface area contributed by atoms with Gasteiger partial charge in [0.05, 0.1) is 14.2 Å². The van der Waals surface area contributed by atoms with Gasteiger partial charge in [0.15, 0.2) is 11.5 Å². The predicted molar refractivity (Wildman–Crippen MR) is 112 cm³/mol. The molecule has 0 amide bonds. The number of carbonyl (C=O) groups excluding carboxylic acids is 1. The highest BCUT2D eigenvalue weighted by Gasteiger charge is 2.20. The molecular weight excluding hydrogens is 408 g/mol. The van der Waals surface area contributed by atoms with E-state index >= 15 is 0 Å². The Kier molecular flexibility index (Phi) is 8.28. The second-order valence-corrected chi connectivity index (χ2v) is 7.26. The molecule has 0 aromatic heterocycles. The van der Waals surface area contributed by atoms with Gasteiger partial charge in [-0.25, -0.2) is 0 Å². The lowest BCUT2D eigenvalue weighted by Gasteiger charge is -2.30. The minimum atomic E-state index is 0.139. The summed E-state index contributed by atoms with van der Waals surface area (Å²) < 4.78 is 11.7. The maximum absolute atomic E-state index is 11.4. The average molecular weight is 435 g/mol. The molecular formula is C21H27BrN2O3. The number of nitrogens with zero attached hydrogens (tertiary/aromatic N) is 1. The van der Waals surface area contributed by atoms with Crippen LogP contribution in [0.25, 0.3) is 0 Å². The molecule has 0 aliphatic rings. The highest BCUT2D eigenvalue weighted by molar-refractivity contribution is 9.10. The monoisotopic (exact) mass is 434 g/mol. The molecule has 1 atom stereocenters. The molecule has 0 saturated heterocycles. The summed E-state index contributed by atoms with van der Waals surface area (Å²) in [6.45, 7) is 1.27. The minimum absolute atomic E-state index is 0.139. The highest BCUT2D eigenvalue weighted by atomic mass is 79.9. The second kappa shape index (κ2) is 10.4. The molecule has 0 saturated carbocycles. The van der Waals surface area contributed by atoms with Crippen LogP contribution in [-0.4, -0.2) is 39.0 Å². The number of nitrogens with two attached hydrogens (primary N) is 1. The largest absolute Gasteiger partial charge is 0.493 e. The molecule has 0 fully saturated rings. The van der Waals surface area contributed by atoms with Crippen molar-refractivity contribution in [1.29, 1.82) is 0 Å². The van der Waals surface area contributed by atoms with Crippen molar-refractivity contribution in [1.82, 2.24) is 4.90 Å². The van der Waals surface area contributed by atoms with E-state index in [1.54, 1.807) is 14.2 Å². The van der Waals surface area contributed by atoms with Crippen LogP contribution in [0.1, 0.15) is 40.4 Å². The SMILES string of the molecule is COc1ccc(C(CCCN)N(C)Cc2c(Br)cccc2C=O)cc1OC. The maximum Gasteiger partial charge on any atom is 0.161 e. The Morgan fingerprint density at radius 1 is 1.19 bits per heavy atom. The Morgan fingerprint density at radius 3 is 2.56 bits per heavy atom. The fourth-order valence-electron chi connectivity index (χ4n) is 3.22. The molecule has 0 bridgehead atoms. The average Bonchev–Trinajstić information content (AvgIpc) is 2.69. The summed E-state index contributed by atoms with van der Waals surface area (Å²) in [4.78, 5) is 13.7. The van der Waals surface area contributed by atoms with Crippen molar-refractivity contribution in [2.75, 3.05) is 27.8 Å². The fourth-order valence-corrected chi connectivity index (χ4v) is 3.73. The normalized spacial score (nSPS) is 12.1. The Balaban J connectivity index is 2.34. The Labute approximate surface area is 169 Å². The first-order valence-corrected chi connectivity index (χ1v) is 9.69. The van der Waals surface area contributed by atoms with Crippen LogP contribution in [0.15, 0.2) is 40.9 Å². The Bertz CT molecular complexity index is 767. The standard InChI is InChI=1S/C21H27BrN2O3/c1-24(13-17-16(14-25)6-4-7-18(17)22)19(8-5-11-23)15-9-10-20(26-2)21(12-15)27-3/h4,6-7,9-10,12,14,19H,5,8,11,13,23H2,1-3H3. The number of aldehydes is 1. The molecule has 0 radical (unpaired) electrons. The van der Waals surface area contributed by atoms with Crippen molar-refractivity contribution in [2.45, 2.75) is 25.4 Å². The van der Waals surface area contributed by atoms with Gasteiger partial charge in [-0.15, -0.1) is 0 Å². The number of ether oxygens (including phenoxy) is 2. The van der Waals surface area contributed by atoms with Crippen molar-refractivity contribution in [2.24, 2.45) is 5.73 Å². The second-order valence-electron chi connectivity index (χ2n) is 6.40. The van der Waals surface area contributed by atoms with Gasteiger partial charge in [-0.1, -0.05) is 34.1 Å². The van der Waals surface area contributed by atoms with Gasteiger partial charge in [-0.2, -0.15) is 0 Å². The molecule has 0 aliphatic carbocycles. The number of hydrogen-bond acceptors (Lipinski definition) is 5. The number of carbonyl (C=O) groups is 1. The van der Waals surface area contributed by atoms with Crippen molar-refractivity contribution in [3.8, 4) is 11.5 Å². The molecule has 5 nitrogen and oxygen atoms in total. The van der Waals surface area contributed by atoms with Crippen molar-refractivity contribution < 1.29 is 14.3 Å². The van der Waals surface area contributed by atoms with Gasteiger partial charge in [0.1, 0.15) is 6.29 Å². The van der Waals surface area contributed by atoms with E-state index in [1.165, 1.54) is 0 Å². The fraction of sp³-hybridized carbons (Fsp3) is 0.381. The van der Waals surface area contributed by atoms with Gasteiger partial charge in [0, 0.05) is 22.6 Å². The molecule has 0 heterocycles. The van der Waals surface area contributed by atoms with E-state index in [4.69, 9.17) is 15.2 Å². The molecule has 2 aromatic carbocycles. The quantitative estimate of drug-likeness (QED) is 0.567. The zero-order chi connectivity index (χ0) is 19.8. The van der Waals surface area contributed by atoms with E-state index in [0.717, 1.165) is 34.7 Å². The van der Waals surface area contributed by atoms with Gasteiger partial charge >= 0.3 is 0 Å². The third kappa shape index (κ3) is 5.31. The Hall–Kier alpha value is -1.89. The first kappa shape index (κ1) is 21.4. The van der Waals surface area contributed by atoms with Crippen LogP contribution in [-0.2, 0) is 6.54 Å². The molecule has 2 N–H and O–H groups in total. The van der Waals surface area contributed by atoms with E-state index in [2.05, 4.69) is 33.9 Å². The van der Waals surface area contributed by atoms with Gasteiger partial charge in [-0.3, -0.25) is 9.69 Å². The van der Waals surface area contributed by atoms with E-state index in [-0.39, 0.29) is 6.04 Å². The number of methoxy groups -OCH3 is 2. The Morgan fingerprint density at radius 2 is 1.93 bits per heavy atom. The van der Waals surface area contributed by atoms with Gasteiger partial charge < -0.3 is 15.2 Å². The third-order valence-electron chi connectivity index (χ3n) is 4.70. The van der Waals surface area contributed by atoms with E-state index in [0.29, 0.717) is 30.2 Å². The van der Waals surface area contributed by atoms with Crippen LogP contribution in [0, 0.1) is 0 Å². The summed E-state index contributed by atoms with van der Waals surface area (Å²) in [6, 6.07) is 11.8. The van der Waals surface area contributed by atoms with E-state index in [9.17, 15) is 4.79 Å². The van der Waals surface area contributed by atoms with Gasteiger partial charge in [-0.05, 0) is 55.8 Å². The van der Waals surface area contributed by atoms with Crippen LogP contribution >= 0.6 is 15.9 Å². The lowest BCUT2D eigenvalue weighted by Crippen LogP contribution is -2.26. The molecule has 0 spiro atoms. The van der Waals surface area contributed by atoms with E-state index in [1.807, 2.05) is 30.3 Å². The lowest BCUT2D eigenvalue weighted by molar-refractivity contribution is 0.112. The van der Waals surface area contributed by atoms with Gasteiger partial charge in [0.2, 0.25) is 0 Å². The zero-order valence-corrected chi connectivity index (χ0v) is 17.7. The molecule has 27 heavy (non-hydrogen) atoms. The van der Waals surface area contributed by atoms with E-state index < -0.39 is 0 Å². The molecule has 146 valence electrons. The summed E-state index contributed by atoms with van der Waals surface area (Å²) in [7, 11) is 5.33. The summed E-state index contributed by atoms with van der Waals surface area (Å²) in [5.74, 6) is 1.41. The molecule has 0 aliphatic heterocycles. The molecule has 1 unspecified atom stereocenters. The predicted octanol–water partition coefficient (Wildman–Crippen LogP) is 4.19. The summed E-state index contributed by atoms with van der Waals surface area (Å²) in [6.07, 6.45) is 2.71. The number of hydrogen-bond donors (Lipinski definition) is 1. The molecule has 2 rings (SSSR count). The zero-order valence-electron chi connectivity index (χ0n) is 16.1. The van der Waals surface area contributed by atoms with Gasteiger partial charge in [0.25, 0.3) is 0 Å². The lowest BCUT2D eigenvalue weighted by atomic mass is 9.98. The van der Waals surface area contributed by atoms with Crippen molar-refractivity contribution in [3.63, 3.8) is 0 Å². The van der Waals surface area contributed by atoms with Crippen molar-refractivity contribution >= 4 is 22.2 Å². The summed E-state index contributed by atoms with van der Waals surface area (Å²) in [5, 5.41) is 0. The smallest absolute Gasteiger partial charge is 0.161 e.